The molecule has 4 heteroatoms. The Labute approximate surface area is 128 Å². The van der Waals surface area contributed by atoms with Crippen molar-refractivity contribution in [3.05, 3.63) is 30.0 Å². The van der Waals surface area contributed by atoms with E-state index in [-0.39, 0.29) is 11.6 Å². The average Bonchev–Trinajstić information content (AvgIpc) is 2.80. The van der Waals surface area contributed by atoms with Gasteiger partial charge in [-0.2, -0.15) is 9.78 Å². The lowest BCUT2D eigenvalue weighted by molar-refractivity contribution is 0.231. The molecule has 4 nitrogen and oxygen atoms in total. The van der Waals surface area contributed by atoms with Crippen molar-refractivity contribution in [2.75, 3.05) is 0 Å². The smallest absolute Gasteiger partial charge is 0.332 e. The minimum atomic E-state index is -0.266. The molecule has 0 radical (unpaired) electrons. The van der Waals surface area contributed by atoms with Crippen LogP contribution in [0.4, 0.5) is 4.79 Å². The third kappa shape index (κ3) is 5.21. The predicted molar refractivity (Wildman–Crippen MR) is 90.8 cm³/mol. The van der Waals surface area contributed by atoms with Gasteiger partial charge < -0.3 is 5.32 Å². The summed E-state index contributed by atoms with van der Waals surface area (Å²) in [6.07, 6.45) is 0. The van der Waals surface area contributed by atoms with Crippen LogP contribution in [0.25, 0.3) is 10.9 Å². The molecule has 21 heavy (non-hydrogen) atoms. The van der Waals surface area contributed by atoms with Crippen molar-refractivity contribution in [2.24, 2.45) is 0 Å². The van der Waals surface area contributed by atoms with Crippen molar-refractivity contribution in [3.63, 3.8) is 0 Å². The number of aryl methyl sites for hydroxylation is 1. The number of carbonyl (C=O) groups excluding carboxylic acids is 1. The van der Waals surface area contributed by atoms with Gasteiger partial charge in [0.25, 0.3) is 0 Å². The number of carbonyl (C=O) groups is 1. The highest BCUT2D eigenvalue weighted by molar-refractivity contribution is 5.91. The van der Waals surface area contributed by atoms with Gasteiger partial charge in [-0.15, -0.1) is 0 Å². The van der Waals surface area contributed by atoms with Crippen LogP contribution in [-0.2, 0) is 0 Å². The van der Waals surface area contributed by atoms with Crippen LogP contribution in [0.2, 0.25) is 0 Å². The summed E-state index contributed by atoms with van der Waals surface area (Å²) < 4.78 is 1.43. The van der Waals surface area contributed by atoms with Crippen LogP contribution in [0.15, 0.2) is 24.3 Å². The zero-order valence-corrected chi connectivity index (χ0v) is 14.6. The van der Waals surface area contributed by atoms with E-state index in [1.54, 1.807) is 0 Å². The van der Waals surface area contributed by atoms with Crippen molar-refractivity contribution in [3.8, 4) is 0 Å². The zero-order valence-electron chi connectivity index (χ0n) is 14.6. The molecule has 0 aliphatic carbocycles. The predicted octanol–water partition coefficient (Wildman–Crippen LogP) is 4.75. The summed E-state index contributed by atoms with van der Waals surface area (Å²) in [4.78, 5) is 12.1. The van der Waals surface area contributed by atoms with Crippen LogP contribution in [0.3, 0.4) is 0 Å². The Morgan fingerprint density at radius 3 is 2.14 bits per heavy atom. The number of hydrogen-bond acceptors (Lipinski definition) is 2. The van der Waals surface area contributed by atoms with Gasteiger partial charge in [-0.1, -0.05) is 45.9 Å². The second-order valence-corrected chi connectivity index (χ2v) is 5.19. The molecule has 1 aromatic carbocycles. The van der Waals surface area contributed by atoms with Crippen LogP contribution in [-0.4, -0.2) is 21.4 Å². The van der Waals surface area contributed by atoms with Crippen LogP contribution < -0.4 is 5.32 Å². The number of para-hydroxylation sites is 1. The van der Waals surface area contributed by atoms with E-state index < -0.39 is 0 Å². The molecular weight excluding hydrogens is 262 g/mol. The van der Waals surface area contributed by atoms with E-state index in [2.05, 4.69) is 10.4 Å². The van der Waals surface area contributed by atoms with Gasteiger partial charge in [0.15, 0.2) is 0 Å². The summed E-state index contributed by atoms with van der Waals surface area (Å²) in [7, 11) is 0. The molecule has 0 aliphatic rings. The lowest BCUT2D eigenvalue weighted by Crippen LogP contribution is -2.43. The molecule has 0 fully saturated rings. The molecule has 1 amide bonds. The maximum Gasteiger partial charge on any atom is 0.343 e. The van der Waals surface area contributed by atoms with Gasteiger partial charge in [-0.25, -0.2) is 4.79 Å². The summed E-state index contributed by atoms with van der Waals surface area (Å²) in [5.74, 6) is 0. The highest BCUT2D eigenvalue weighted by Crippen LogP contribution is 2.17. The minimum Gasteiger partial charge on any atom is -0.332 e. The SMILES string of the molecule is CC.CC.Cc1nn(C(=O)NC(C)(C)C)c2ccccc12. The maximum absolute atomic E-state index is 12.1. The summed E-state index contributed by atoms with van der Waals surface area (Å²) in [6, 6.07) is 7.53. The van der Waals surface area contributed by atoms with Crippen LogP contribution >= 0.6 is 0 Å². The first-order valence-corrected chi connectivity index (χ1v) is 7.65. The highest BCUT2D eigenvalue weighted by Gasteiger charge is 2.18. The highest BCUT2D eigenvalue weighted by atomic mass is 16.2. The summed E-state index contributed by atoms with van der Waals surface area (Å²) in [5.41, 5.74) is 1.44. The van der Waals surface area contributed by atoms with Crippen LogP contribution in [0, 0.1) is 6.92 Å². The molecule has 1 aromatic heterocycles. The van der Waals surface area contributed by atoms with Gasteiger partial charge in [-0.05, 0) is 33.8 Å². The quantitative estimate of drug-likeness (QED) is 0.761. The third-order valence-electron chi connectivity index (χ3n) is 2.45. The van der Waals surface area contributed by atoms with Crippen molar-refractivity contribution in [1.82, 2.24) is 15.1 Å². The first-order chi connectivity index (χ1) is 9.88. The number of amides is 1. The first-order valence-electron chi connectivity index (χ1n) is 7.65. The van der Waals surface area contributed by atoms with E-state index in [1.807, 2.05) is 79.7 Å². The average molecular weight is 291 g/mol. The van der Waals surface area contributed by atoms with Gasteiger partial charge in [0.05, 0.1) is 11.2 Å². The second-order valence-electron chi connectivity index (χ2n) is 5.19. The van der Waals surface area contributed by atoms with Gasteiger partial charge in [-0.3, -0.25) is 0 Å². The van der Waals surface area contributed by atoms with Crippen molar-refractivity contribution in [2.45, 2.75) is 60.9 Å². The molecule has 0 aliphatic heterocycles. The monoisotopic (exact) mass is 291 g/mol. The number of nitrogens with one attached hydrogen (secondary N) is 1. The van der Waals surface area contributed by atoms with Gasteiger partial charge >= 0.3 is 6.03 Å². The number of nitrogens with zero attached hydrogens (tertiary/aromatic N) is 2. The Bertz CT molecular complexity index is 565. The molecule has 1 N–H and O–H groups in total. The minimum absolute atomic E-state index is 0.193. The largest absolute Gasteiger partial charge is 0.343 e. The first kappa shape index (κ1) is 19.2. The molecule has 2 rings (SSSR count). The topological polar surface area (TPSA) is 46.9 Å². The summed E-state index contributed by atoms with van der Waals surface area (Å²) in [5, 5.41) is 8.19. The molecule has 0 spiro atoms. The Balaban J connectivity index is 0.000000921. The Kier molecular flexibility index (Phi) is 7.71. The summed E-state index contributed by atoms with van der Waals surface area (Å²) >= 11 is 0. The van der Waals surface area contributed by atoms with Crippen molar-refractivity contribution < 1.29 is 4.79 Å². The molecule has 0 saturated carbocycles. The fraction of sp³-hybridized carbons (Fsp3) is 0.529. The fourth-order valence-electron chi connectivity index (χ4n) is 1.75. The third-order valence-corrected chi connectivity index (χ3v) is 2.45. The second kappa shape index (κ2) is 8.45. The number of hydrogen-bond donors (Lipinski definition) is 1. The number of benzene rings is 1. The van der Waals surface area contributed by atoms with E-state index in [0.29, 0.717) is 0 Å². The lowest BCUT2D eigenvalue weighted by atomic mass is 10.1. The van der Waals surface area contributed by atoms with Gasteiger partial charge in [0.1, 0.15) is 0 Å². The molecular formula is C17H29N3O. The van der Waals surface area contributed by atoms with E-state index in [1.165, 1.54) is 4.68 Å². The zero-order chi connectivity index (χ0) is 16.6. The van der Waals surface area contributed by atoms with E-state index in [9.17, 15) is 4.79 Å². The van der Waals surface area contributed by atoms with Crippen molar-refractivity contribution >= 4 is 16.9 Å². The van der Waals surface area contributed by atoms with Crippen LogP contribution in [0.5, 0.6) is 0 Å². The fourth-order valence-corrected chi connectivity index (χ4v) is 1.75. The summed E-state index contributed by atoms with van der Waals surface area (Å²) in [6.45, 7) is 15.7. The molecule has 2 aromatic rings. The van der Waals surface area contributed by atoms with E-state index in [4.69, 9.17) is 0 Å². The molecule has 0 unspecified atom stereocenters. The number of aromatic nitrogens is 2. The standard InChI is InChI=1S/C13H17N3O.2C2H6/c1-9-10-7-5-6-8-11(10)16(15-9)12(17)14-13(2,3)4;2*1-2/h5-8H,1-4H3,(H,14,17);2*1-2H3. The number of rotatable bonds is 0. The van der Waals surface area contributed by atoms with E-state index >= 15 is 0 Å². The molecule has 118 valence electrons. The Morgan fingerprint density at radius 2 is 1.62 bits per heavy atom. The van der Waals surface area contributed by atoms with Gasteiger partial charge in [0.2, 0.25) is 0 Å². The molecule has 0 saturated heterocycles. The lowest BCUT2D eigenvalue weighted by Gasteiger charge is -2.20. The Morgan fingerprint density at radius 1 is 1.10 bits per heavy atom. The number of fused-ring (bicyclic) bond motifs is 1. The molecule has 0 atom stereocenters. The van der Waals surface area contributed by atoms with Crippen LogP contribution in [0.1, 0.15) is 54.2 Å². The van der Waals surface area contributed by atoms with Crippen molar-refractivity contribution in [1.29, 1.82) is 0 Å². The molecule has 0 bridgehead atoms. The molecule has 1 heterocycles. The van der Waals surface area contributed by atoms with Gasteiger partial charge in [0, 0.05) is 10.9 Å². The Hall–Kier alpha value is -1.84. The normalized spacial score (nSPS) is 10.1. The van der Waals surface area contributed by atoms with E-state index in [0.717, 1.165) is 16.6 Å². The maximum atomic E-state index is 12.1.